The van der Waals surface area contributed by atoms with E-state index >= 15 is 0 Å². The van der Waals surface area contributed by atoms with Gasteiger partial charge in [-0.3, -0.25) is 0 Å². The third kappa shape index (κ3) is 2.25. The van der Waals surface area contributed by atoms with Gasteiger partial charge in [-0.1, -0.05) is 30.7 Å². The SMILES string of the molecule is CCc1cccc(Cl)c1[C@@H](N)CC#N. The zero-order valence-electron chi connectivity index (χ0n) is 8.13. The van der Waals surface area contributed by atoms with E-state index in [0.29, 0.717) is 11.4 Å². The van der Waals surface area contributed by atoms with Crippen molar-refractivity contribution in [3.63, 3.8) is 0 Å². The molecule has 0 aliphatic carbocycles. The van der Waals surface area contributed by atoms with Crippen molar-refractivity contribution >= 4 is 11.6 Å². The fourth-order valence-corrected chi connectivity index (χ4v) is 1.84. The van der Waals surface area contributed by atoms with Crippen LogP contribution in [-0.4, -0.2) is 0 Å². The third-order valence-electron chi connectivity index (χ3n) is 2.21. The van der Waals surface area contributed by atoms with Crippen LogP contribution in [0.2, 0.25) is 5.02 Å². The number of hydrogen-bond acceptors (Lipinski definition) is 2. The highest BCUT2D eigenvalue weighted by molar-refractivity contribution is 6.31. The monoisotopic (exact) mass is 208 g/mol. The second kappa shape index (κ2) is 4.99. The molecule has 2 nitrogen and oxygen atoms in total. The molecule has 0 aliphatic heterocycles. The first-order chi connectivity index (χ1) is 6.70. The lowest BCUT2D eigenvalue weighted by atomic mass is 9.97. The van der Waals surface area contributed by atoms with Crippen LogP contribution < -0.4 is 5.73 Å². The standard InChI is InChI=1S/C11H13ClN2/c1-2-8-4-3-5-9(12)11(8)10(14)6-7-13/h3-5,10H,2,6,14H2,1H3/t10-/m0/s1. The minimum Gasteiger partial charge on any atom is -0.323 e. The molecule has 1 atom stereocenters. The van der Waals surface area contributed by atoms with Gasteiger partial charge in [0.15, 0.2) is 0 Å². The van der Waals surface area contributed by atoms with Crippen LogP contribution in [0, 0.1) is 11.3 Å². The highest BCUT2D eigenvalue weighted by Crippen LogP contribution is 2.27. The predicted molar refractivity (Wildman–Crippen MR) is 58.0 cm³/mol. The van der Waals surface area contributed by atoms with Crippen molar-refractivity contribution in [1.82, 2.24) is 0 Å². The molecular formula is C11H13ClN2. The number of nitrogens with zero attached hydrogens (tertiary/aromatic N) is 1. The number of hydrogen-bond donors (Lipinski definition) is 1. The van der Waals surface area contributed by atoms with Crippen molar-refractivity contribution in [3.05, 3.63) is 34.3 Å². The summed E-state index contributed by atoms with van der Waals surface area (Å²) in [6, 6.07) is 7.50. The fraction of sp³-hybridized carbons (Fsp3) is 0.364. The lowest BCUT2D eigenvalue weighted by molar-refractivity contribution is 0.737. The van der Waals surface area contributed by atoms with Crippen LogP contribution in [0.1, 0.15) is 30.5 Å². The molecule has 14 heavy (non-hydrogen) atoms. The van der Waals surface area contributed by atoms with Crippen LogP contribution in [0.5, 0.6) is 0 Å². The number of aryl methyl sites for hydroxylation is 1. The number of nitriles is 1. The molecule has 3 heteroatoms. The molecule has 0 saturated heterocycles. The van der Waals surface area contributed by atoms with E-state index in [9.17, 15) is 0 Å². The van der Waals surface area contributed by atoms with Crippen molar-refractivity contribution in [1.29, 1.82) is 5.26 Å². The number of nitrogens with two attached hydrogens (primary N) is 1. The topological polar surface area (TPSA) is 49.8 Å². The minimum atomic E-state index is -0.274. The van der Waals surface area contributed by atoms with E-state index in [1.54, 1.807) is 0 Å². The summed E-state index contributed by atoms with van der Waals surface area (Å²) in [5.74, 6) is 0. The Bertz CT molecular complexity index is 355. The summed E-state index contributed by atoms with van der Waals surface area (Å²) < 4.78 is 0. The molecule has 0 unspecified atom stereocenters. The van der Waals surface area contributed by atoms with Crippen LogP contribution in [0.25, 0.3) is 0 Å². The predicted octanol–water partition coefficient (Wildman–Crippen LogP) is 2.82. The summed E-state index contributed by atoms with van der Waals surface area (Å²) in [6.07, 6.45) is 1.19. The maximum absolute atomic E-state index is 8.58. The first kappa shape index (κ1) is 11.0. The quantitative estimate of drug-likeness (QED) is 0.831. The van der Waals surface area contributed by atoms with Crippen molar-refractivity contribution in [2.75, 3.05) is 0 Å². The molecule has 2 N–H and O–H groups in total. The average molecular weight is 209 g/mol. The molecule has 0 amide bonds. The summed E-state index contributed by atoms with van der Waals surface area (Å²) in [7, 11) is 0. The Balaban J connectivity index is 3.11. The molecule has 0 spiro atoms. The Labute approximate surface area is 89.3 Å². The van der Waals surface area contributed by atoms with Crippen LogP contribution in [0.3, 0.4) is 0 Å². The van der Waals surface area contributed by atoms with Gasteiger partial charge in [0.05, 0.1) is 12.5 Å². The average Bonchev–Trinajstić information content (AvgIpc) is 2.17. The Morgan fingerprint density at radius 3 is 2.86 bits per heavy atom. The summed E-state index contributed by atoms with van der Waals surface area (Å²) in [6.45, 7) is 2.05. The minimum absolute atomic E-state index is 0.274. The maximum Gasteiger partial charge on any atom is 0.0641 e. The largest absolute Gasteiger partial charge is 0.323 e. The van der Waals surface area contributed by atoms with Crippen molar-refractivity contribution in [3.8, 4) is 6.07 Å². The molecule has 1 aromatic carbocycles. The van der Waals surface area contributed by atoms with E-state index in [-0.39, 0.29) is 6.04 Å². The van der Waals surface area contributed by atoms with E-state index in [2.05, 4.69) is 6.07 Å². The first-order valence-electron chi connectivity index (χ1n) is 4.60. The van der Waals surface area contributed by atoms with Crippen molar-refractivity contribution in [2.24, 2.45) is 5.73 Å². The molecule has 74 valence electrons. The Kier molecular flexibility index (Phi) is 3.94. The second-order valence-electron chi connectivity index (χ2n) is 3.13. The highest BCUT2D eigenvalue weighted by atomic mass is 35.5. The second-order valence-corrected chi connectivity index (χ2v) is 3.54. The van der Waals surface area contributed by atoms with Crippen LogP contribution in [0.4, 0.5) is 0 Å². The van der Waals surface area contributed by atoms with E-state index in [4.69, 9.17) is 22.6 Å². The molecule has 1 rings (SSSR count). The van der Waals surface area contributed by atoms with Gasteiger partial charge in [0.2, 0.25) is 0 Å². The molecule has 0 heterocycles. The lowest BCUT2D eigenvalue weighted by Crippen LogP contribution is -2.12. The molecule has 0 bridgehead atoms. The number of halogens is 1. The van der Waals surface area contributed by atoms with Crippen molar-refractivity contribution < 1.29 is 0 Å². The molecular weight excluding hydrogens is 196 g/mol. The Hall–Kier alpha value is -1.04. The normalized spacial score (nSPS) is 12.1. The number of rotatable bonds is 3. The van der Waals surface area contributed by atoms with E-state index in [0.717, 1.165) is 17.5 Å². The van der Waals surface area contributed by atoms with Crippen LogP contribution >= 0.6 is 11.6 Å². The van der Waals surface area contributed by atoms with Crippen LogP contribution in [0.15, 0.2) is 18.2 Å². The summed E-state index contributed by atoms with van der Waals surface area (Å²) in [5.41, 5.74) is 7.92. The first-order valence-corrected chi connectivity index (χ1v) is 4.98. The van der Waals surface area contributed by atoms with Gasteiger partial charge >= 0.3 is 0 Å². The highest BCUT2D eigenvalue weighted by Gasteiger charge is 2.13. The molecule has 0 fully saturated rings. The van der Waals surface area contributed by atoms with Crippen LogP contribution in [-0.2, 0) is 6.42 Å². The smallest absolute Gasteiger partial charge is 0.0641 e. The summed E-state index contributed by atoms with van der Waals surface area (Å²) in [5, 5.41) is 9.24. The van der Waals surface area contributed by atoms with Gasteiger partial charge in [-0.25, -0.2) is 0 Å². The zero-order valence-corrected chi connectivity index (χ0v) is 8.88. The van der Waals surface area contributed by atoms with Gasteiger partial charge < -0.3 is 5.73 Å². The molecule has 0 saturated carbocycles. The van der Waals surface area contributed by atoms with Gasteiger partial charge in [0, 0.05) is 11.1 Å². The third-order valence-corrected chi connectivity index (χ3v) is 2.54. The zero-order chi connectivity index (χ0) is 10.6. The fourth-order valence-electron chi connectivity index (χ4n) is 1.51. The summed E-state index contributed by atoms with van der Waals surface area (Å²) >= 11 is 6.05. The van der Waals surface area contributed by atoms with E-state index < -0.39 is 0 Å². The van der Waals surface area contributed by atoms with Gasteiger partial charge in [-0.05, 0) is 23.6 Å². The lowest BCUT2D eigenvalue weighted by Gasteiger charge is -2.14. The van der Waals surface area contributed by atoms with E-state index in [1.807, 2.05) is 25.1 Å². The van der Waals surface area contributed by atoms with Gasteiger partial charge in [-0.2, -0.15) is 5.26 Å². The Morgan fingerprint density at radius 2 is 2.29 bits per heavy atom. The van der Waals surface area contributed by atoms with Gasteiger partial charge in [-0.15, -0.1) is 0 Å². The molecule has 1 aromatic rings. The van der Waals surface area contributed by atoms with Gasteiger partial charge in [0.25, 0.3) is 0 Å². The molecule has 0 aliphatic rings. The van der Waals surface area contributed by atoms with E-state index in [1.165, 1.54) is 0 Å². The Morgan fingerprint density at radius 1 is 1.57 bits per heavy atom. The molecule has 0 radical (unpaired) electrons. The van der Waals surface area contributed by atoms with Gasteiger partial charge in [0.1, 0.15) is 0 Å². The molecule has 0 aromatic heterocycles. The maximum atomic E-state index is 8.58. The van der Waals surface area contributed by atoms with Crippen molar-refractivity contribution in [2.45, 2.75) is 25.8 Å². The number of benzene rings is 1. The summed E-state index contributed by atoms with van der Waals surface area (Å²) in [4.78, 5) is 0.